The fourth-order valence-corrected chi connectivity index (χ4v) is 5.27. The molecule has 2 saturated heterocycles. The van der Waals surface area contributed by atoms with Gasteiger partial charge in [-0.05, 0) is 37.6 Å². The topological polar surface area (TPSA) is 106 Å². The average Bonchev–Trinajstić information content (AvgIpc) is 3.49. The largest absolute Gasteiger partial charge is 0.485 e. The first-order valence-electron chi connectivity index (χ1n) is 12.0. The van der Waals surface area contributed by atoms with Crippen LogP contribution in [0.15, 0.2) is 42.7 Å². The molecule has 1 N–H and O–H groups in total. The standard InChI is InChI=1S/C26H23N5O5.H2/c1-14-19-9-23(29-15-7-21-25(28-10-15)34-12-17-13-35-26(33)31(17)21)27-11-20(19)18-5-4-16(8-22(18)36-14)30-6-2-3-24(30)32;/h4-5,7-11,14,17H,2-3,6,12-13H2,1H3,(H,27,29);1H/t14?,17-;/m1./s1. The summed E-state index contributed by atoms with van der Waals surface area (Å²) >= 11 is 0. The van der Waals surface area contributed by atoms with Gasteiger partial charge in [0.2, 0.25) is 11.8 Å². The number of hydrogen-bond donors (Lipinski definition) is 1. The fraction of sp³-hybridized carbons (Fsp3) is 0.308. The van der Waals surface area contributed by atoms with Gasteiger partial charge in [0.25, 0.3) is 0 Å². The van der Waals surface area contributed by atoms with Crippen molar-refractivity contribution in [2.24, 2.45) is 0 Å². The molecule has 2 aromatic heterocycles. The van der Waals surface area contributed by atoms with E-state index in [9.17, 15) is 9.59 Å². The van der Waals surface area contributed by atoms with Crippen molar-refractivity contribution >= 4 is 34.9 Å². The third-order valence-corrected chi connectivity index (χ3v) is 7.06. The number of rotatable bonds is 3. The number of pyridine rings is 2. The van der Waals surface area contributed by atoms with Crippen molar-refractivity contribution < 1.29 is 25.2 Å². The molecule has 2 atom stereocenters. The summed E-state index contributed by atoms with van der Waals surface area (Å²) in [5.41, 5.74) is 5.06. The summed E-state index contributed by atoms with van der Waals surface area (Å²) in [5, 5.41) is 3.29. The lowest BCUT2D eigenvalue weighted by atomic mass is 9.94. The molecule has 0 spiro atoms. The second-order valence-electron chi connectivity index (χ2n) is 9.33. The van der Waals surface area contributed by atoms with Crippen molar-refractivity contribution in [3.05, 3.63) is 48.3 Å². The van der Waals surface area contributed by atoms with Crippen LogP contribution in [-0.2, 0) is 9.53 Å². The number of ether oxygens (including phenoxy) is 3. The number of anilines is 4. The Kier molecular flexibility index (Phi) is 4.57. The van der Waals surface area contributed by atoms with Crippen LogP contribution in [0.4, 0.5) is 27.7 Å². The zero-order valence-corrected chi connectivity index (χ0v) is 19.6. The van der Waals surface area contributed by atoms with Gasteiger partial charge in [0.15, 0.2) is 0 Å². The maximum atomic E-state index is 12.2. The van der Waals surface area contributed by atoms with Gasteiger partial charge in [0.05, 0.1) is 11.9 Å². The number of carbonyl (C=O) groups excluding carboxylic acids is 2. The molecule has 0 aliphatic carbocycles. The molecule has 10 nitrogen and oxygen atoms in total. The molecular weight excluding hydrogens is 462 g/mol. The SMILES string of the molecule is CC1Oc2cc(N3CCCC3=O)ccc2-c2cnc(Nc3cnc4c(c3)N3C(=O)OC[C@H]3CO4)cc21.[HH]. The maximum Gasteiger partial charge on any atom is 0.415 e. The Morgan fingerprint density at radius 3 is 2.81 bits per heavy atom. The second kappa shape index (κ2) is 7.84. The molecule has 184 valence electrons. The van der Waals surface area contributed by atoms with E-state index in [0.29, 0.717) is 42.7 Å². The third-order valence-electron chi connectivity index (χ3n) is 7.06. The number of nitrogens with zero attached hydrogens (tertiary/aromatic N) is 4. The van der Waals surface area contributed by atoms with Crippen LogP contribution in [0.2, 0.25) is 0 Å². The lowest BCUT2D eigenvalue weighted by Crippen LogP contribution is -2.41. The van der Waals surface area contributed by atoms with E-state index in [4.69, 9.17) is 14.2 Å². The molecule has 3 aromatic rings. The zero-order valence-electron chi connectivity index (χ0n) is 19.6. The van der Waals surface area contributed by atoms with Crippen LogP contribution in [0.5, 0.6) is 11.6 Å². The van der Waals surface area contributed by atoms with Crippen LogP contribution in [0.3, 0.4) is 0 Å². The predicted molar refractivity (Wildman–Crippen MR) is 133 cm³/mol. The summed E-state index contributed by atoms with van der Waals surface area (Å²) in [4.78, 5) is 36.8. The molecule has 0 radical (unpaired) electrons. The quantitative estimate of drug-likeness (QED) is 0.578. The summed E-state index contributed by atoms with van der Waals surface area (Å²) in [6, 6.07) is 9.54. The molecule has 7 rings (SSSR count). The van der Waals surface area contributed by atoms with Gasteiger partial charge in [-0.1, -0.05) is 0 Å². The number of fused-ring (bicyclic) bond motifs is 6. The van der Waals surface area contributed by atoms with E-state index in [1.54, 1.807) is 11.1 Å². The molecule has 1 aromatic carbocycles. The first kappa shape index (κ1) is 21.0. The number of aromatic nitrogens is 2. The Balaban J connectivity index is 0.00000252. The number of benzene rings is 1. The molecule has 0 bridgehead atoms. The van der Waals surface area contributed by atoms with Crippen molar-refractivity contribution in [2.45, 2.75) is 31.9 Å². The van der Waals surface area contributed by atoms with Crippen molar-refractivity contribution in [2.75, 3.05) is 34.9 Å². The van der Waals surface area contributed by atoms with Gasteiger partial charge >= 0.3 is 6.09 Å². The molecule has 4 aliphatic heterocycles. The monoisotopic (exact) mass is 487 g/mol. The number of cyclic esters (lactones) is 1. The summed E-state index contributed by atoms with van der Waals surface area (Å²) in [5.74, 6) is 1.94. The van der Waals surface area contributed by atoms with E-state index in [2.05, 4.69) is 15.3 Å². The summed E-state index contributed by atoms with van der Waals surface area (Å²) in [6.07, 6.45) is 4.36. The van der Waals surface area contributed by atoms with Crippen LogP contribution in [-0.4, -0.2) is 47.8 Å². The Bertz CT molecular complexity index is 1430. The lowest BCUT2D eigenvalue weighted by molar-refractivity contribution is -0.117. The summed E-state index contributed by atoms with van der Waals surface area (Å²) in [7, 11) is 0. The Morgan fingerprint density at radius 2 is 1.94 bits per heavy atom. The summed E-state index contributed by atoms with van der Waals surface area (Å²) in [6.45, 7) is 3.40. The molecule has 4 aliphatic rings. The highest BCUT2D eigenvalue weighted by Gasteiger charge is 2.40. The molecule has 10 heteroatoms. The van der Waals surface area contributed by atoms with Crippen molar-refractivity contribution in [3.63, 3.8) is 0 Å². The van der Waals surface area contributed by atoms with E-state index in [-0.39, 0.29) is 19.5 Å². The Labute approximate surface area is 208 Å². The van der Waals surface area contributed by atoms with Crippen molar-refractivity contribution in [1.29, 1.82) is 0 Å². The highest BCUT2D eigenvalue weighted by Crippen LogP contribution is 2.45. The lowest BCUT2D eigenvalue weighted by Gasteiger charge is -2.29. The van der Waals surface area contributed by atoms with Gasteiger partial charge in [-0.25, -0.2) is 14.8 Å². The van der Waals surface area contributed by atoms with Crippen LogP contribution in [0.1, 0.15) is 32.9 Å². The van der Waals surface area contributed by atoms with Gasteiger partial charge in [-0.15, -0.1) is 0 Å². The number of hydrogen-bond acceptors (Lipinski definition) is 8. The van der Waals surface area contributed by atoms with E-state index in [1.807, 2.05) is 48.4 Å². The number of carbonyl (C=O) groups is 2. The van der Waals surface area contributed by atoms with Crippen LogP contribution in [0.25, 0.3) is 11.1 Å². The van der Waals surface area contributed by atoms with Crippen LogP contribution >= 0.6 is 0 Å². The zero-order chi connectivity index (χ0) is 24.4. The minimum atomic E-state index is -0.391. The minimum absolute atomic E-state index is 0. The Morgan fingerprint density at radius 1 is 1.06 bits per heavy atom. The summed E-state index contributed by atoms with van der Waals surface area (Å²) < 4.78 is 17.1. The maximum absolute atomic E-state index is 12.2. The third kappa shape index (κ3) is 3.24. The van der Waals surface area contributed by atoms with E-state index >= 15 is 0 Å². The van der Waals surface area contributed by atoms with Gasteiger partial charge in [0.1, 0.15) is 42.6 Å². The van der Waals surface area contributed by atoms with Crippen molar-refractivity contribution in [1.82, 2.24) is 9.97 Å². The van der Waals surface area contributed by atoms with E-state index in [0.717, 1.165) is 41.1 Å². The molecule has 6 heterocycles. The fourth-order valence-electron chi connectivity index (χ4n) is 5.27. The average molecular weight is 488 g/mol. The Hall–Kier alpha value is -4.34. The number of amides is 2. The molecule has 2 amide bonds. The second-order valence-corrected chi connectivity index (χ2v) is 9.33. The highest BCUT2D eigenvalue weighted by molar-refractivity contribution is 5.96. The predicted octanol–water partition coefficient (Wildman–Crippen LogP) is 4.43. The van der Waals surface area contributed by atoms with Crippen LogP contribution < -0.4 is 24.6 Å². The van der Waals surface area contributed by atoms with Gasteiger partial charge in [0, 0.05) is 49.0 Å². The van der Waals surface area contributed by atoms with Crippen molar-refractivity contribution in [3.8, 4) is 22.8 Å². The minimum Gasteiger partial charge on any atom is -0.485 e. The first-order valence-corrected chi connectivity index (χ1v) is 12.0. The normalized spacial score (nSPS) is 21.6. The first-order chi connectivity index (χ1) is 17.5. The van der Waals surface area contributed by atoms with Gasteiger partial charge in [-0.2, -0.15) is 0 Å². The number of nitrogens with one attached hydrogen (secondary N) is 1. The van der Waals surface area contributed by atoms with Gasteiger partial charge < -0.3 is 24.4 Å². The van der Waals surface area contributed by atoms with Crippen LogP contribution in [0, 0.1) is 0 Å². The molecule has 0 saturated carbocycles. The molecule has 36 heavy (non-hydrogen) atoms. The highest BCUT2D eigenvalue weighted by atomic mass is 16.6. The molecular formula is C26H25N5O5. The van der Waals surface area contributed by atoms with E-state index < -0.39 is 6.09 Å². The molecule has 1 unspecified atom stereocenters. The smallest absolute Gasteiger partial charge is 0.415 e. The van der Waals surface area contributed by atoms with E-state index in [1.165, 1.54) is 0 Å². The molecule has 2 fully saturated rings. The van der Waals surface area contributed by atoms with Gasteiger partial charge in [-0.3, -0.25) is 9.69 Å².